The van der Waals surface area contributed by atoms with Gasteiger partial charge in [0.1, 0.15) is 0 Å². The van der Waals surface area contributed by atoms with Gasteiger partial charge in [-0.3, -0.25) is 0 Å². The molecule has 1 aliphatic carbocycles. The highest BCUT2D eigenvalue weighted by molar-refractivity contribution is 6.00. The van der Waals surface area contributed by atoms with Gasteiger partial charge in [0.2, 0.25) is 0 Å². The maximum atomic E-state index is 12.3. The maximum Gasteiger partial charge on any atom is 0.334 e. The van der Waals surface area contributed by atoms with Crippen molar-refractivity contribution in [2.24, 2.45) is 5.92 Å². The Balaban J connectivity index is 3.13. The second-order valence-electron chi connectivity index (χ2n) is 5.06. The van der Waals surface area contributed by atoms with Crippen LogP contribution < -0.4 is 0 Å². The molecule has 0 heterocycles. The molecule has 0 aliphatic heterocycles. The van der Waals surface area contributed by atoms with E-state index in [1.54, 1.807) is 13.8 Å². The Bertz CT molecular complexity index is 365. The van der Waals surface area contributed by atoms with E-state index in [0.29, 0.717) is 30.8 Å². The van der Waals surface area contributed by atoms with E-state index in [-0.39, 0.29) is 17.9 Å². The fourth-order valence-electron chi connectivity index (χ4n) is 2.77. The highest BCUT2D eigenvalue weighted by Gasteiger charge is 2.31. The Morgan fingerprint density at radius 1 is 0.950 bits per heavy atom. The molecule has 0 unspecified atom stereocenters. The van der Waals surface area contributed by atoms with Gasteiger partial charge in [-0.05, 0) is 39.0 Å². The number of carbonyl (C=O) groups is 2. The first kappa shape index (κ1) is 16.7. The molecule has 0 aromatic rings. The van der Waals surface area contributed by atoms with Crippen molar-refractivity contribution in [1.29, 1.82) is 0 Å². The molecule has 0 saturated heterocycles. The molecule has 0 aromatic carbocycles. The van der Waals surface area contributed by atoms with Crippen LogP contribution in [-0.2, 0) is 19.1 Å². The van der Waals surface area contributed by atoms with Crippen molar-refractivity contribution in [1.82, 2.24) is 0 Å². The fraction of sp³-hybridized carbons (Fsp3) is 0.750. The van der Waals surface area contributed by atoms with E-state index in [1.807, 2.05) is 6.92 Å². The lowest BCUT2D eigenvalue weighted by Gasteiger charge is -2.18. The van der Waals surface area contributed by atoms with Crippen LogP contribution in [0.2, 0.25) is 0 Å². The van der Waals surface area contributed by atoms with Crippen LogP contribution in [0.4, 0.5) is 0 Å². The lowest BCUT2D eigenvalue weighted by molar-refractivity contribution is -0.142. The summed E-state index contributed by atoms with van der Waals surface area (Å²) in [5, 5.41) is 0. The summed E-state index contributed by atoms with van der Waals surface area (Å²) in [7, 11) is 0. The van der Waals surface area contributed by atoms with Crippen LogP contribution in [0.3, 0.4) is 0 Å². The second-order valence-corrected chi connectivity index (χ2v) is 5.06. The third-order valence-electron chi connectivity index (χ3n) is 3.61. The fourth-order valence-corrected chi connectivity index (χ4v) is 2.77. The standard InChI is InChI=1S/C16H26O4/c1-4-9-13(15(17)19-5-2)14(16(18)20-6-3)12-10-7-8-11-12/h12H,4-11H2,1-3H3/b14-13-. The van der Waals surface area contributed by atoms with E-state index in [1.165, 1.54) is 0 Å². The monoisotopic (exact) mass is 282 g/mol. The van der Waals surface area contributed by atoms with Crippen LogP contribution in [0.1, 0.15) is 59.3 Å². The van der Waals surface area contributed by atoms with Gasteiger partial charge in [-0.1, -0.05) is 26.2 Å². The van der Waals surface area contributed by atoms with Crippen molar-refractivity contribution in [2.75, 3.05) is 13.2 Å². The van der Waals surface area contributed by atoms with Crippen molar-refractivity contribution < 1.29 is 19.1 Å². The molecule has 0 spiro atoms. The van der Waals surface area contributed by atoms with Crippen LogP contribution in [0.5, 0.6) is 0 Å². The number of carbonyl (C=O) groups excluding carboxylic acids is 2. The number of hydrogen-bond donors (Lipinski definition) is 0. The maximum absolute atomic E-state index is 12.3. The normalized spacial score (nSPS) is 16.8. The van der Waals surface area contributed by atoms with Crippen LogP contribution in [0, 0.1) is 5.92 Å². The first-order valence-electron chi connectivity index (χ1n) is 7.72. The summed E-state index contributed by atoms with van der Waals surface area (Å²) in [6.45, 7) is 6.22. The van der Waals surface area contributed by atoms with E-state index in [4.69, 9.17) is 9.47 Å². The lowest BCUT2D eigenvalue weighted by atomic mass is 9.90. The van der Waals surface area contributed by atoms with Gasteiger partial charge in [-0.15, -0.1) is 0 Å². The molecule has 0 radical (unpaired) electrons. The zero-order chi connectivity index (χ0) is 15.0. The summed E-state index contributed by atoms with van der Waals surface area (Å²) in [5.74, 6) is -0.541. The van der Waals surface area contributed by atoms with Crippen molar-refractivity contribution in [3.05, 3.63) is 11.1 Å². The van der Waals surface area contributed by atoms with Crippen molar-refractivity contribution in [2.45, 2.75) is 59.3 Å². The smallest absolute Gasteiger partial charge is 0.334 e. The van der Waals surface area contributed by atoms with E-state index < -0.39 is 0 Å². The van der Waals surface area contributed by atoms with Gasteiger partial charge < -0.3 is 9.47 Å². The average Bonchev–Trinajstić information content (AvgIpc) is 2.92. The second kappa shape index (κ2) is 8.77. The van der Waals surface area contributed by atoms with E-state index in [0.717, 1.165) is 32.1 Å². The SMILES string of the molecule is CCC/C(C(=O)OCC)=C(/C(=O)OCC)C1CCCC1. The molecule has 1 aliphatic rings. The number of esters is 2. The lowest BCUT2D eigenvalue weighted by Crippen LogP contribution is -2.21. The van der Waals surface area contributed by atoms with Gasteiger partial charge in [0, 0.05) is 5.57 Å². The van der Waals surface area contributed by atoms with E-state index >= 15 is 0 Å². The van der Waals surface area contributed by atoms with Gasteiger partial charge >= 0.3 is 11.9 Å². The average molecular weight is 282 g/mol. The van der Waals surface area contributed by atoms with Gasteiger partial charge in [0.15, 0.2) is 0 Å². The summed E-state index contributed by atoms with van der Waals surface area (Å²) >= 11 is 0. The number of rotatable bonds is 7. The van der Waals surface area contributed by atoms with Crippen LogP contribution in [0.15, 0.2) is 11.1 Å². The van der Waals surface area contributed by atoms with Gasteiger partial charge in [-0.25, -0.2) is 9.59 Å². The van der Waals surface area contributed by atoms with Crippen LogP contribution in [0.25, 0.3) is 0 Å². The molecule has 1 saturated carbocycles. The molecule has 4 nitrogen and oxygen atoms in total. The van der Waals surface area contributed by atoms with Crippen molar-refractivity contribution in [3.63, 3.8) is 0 Å². The Kier molecular flexibility index (Phi) is 7.34. The largest absolute Gasteiger partial charge is 0.463 e. The highest BCUT2D eigenvalue weighted by atomic mass is 16.5. The Morgan fingerprint density at radius 3 is 2.00 bits per heavy atom. The molecular weight excluding hydrogens is 256 g/mol. The van der Waals surface area contributed by atoms with Crippen LogP contribution >= 0.6 is 0 Å². The van der Waals surface area contributed by atoms with E-state index in [2.05, 4.69) is 0 Å². The third-order valence-corrected chi connectivity index (χ3v) is 3.61. The van der Waals surface area contributed by atoms with Gasteiger partial charge in [0.05, 0.1) is 18.8 Å². The molecular formula is C16H26O4. The predicted molar refractivity (Wildman–Crippen MR) is 77.2 cm³/mol. The molecule has 1 rings (SSSR count). The Morgan fingerprint density at radius 2 is 1.50 bits per heavy atom. The zero-order valence-electron chi connectivity index (χ0n) is 12.9. The first-order valence-corrected chi connectivity index (χ1v) is 7.72. The molecule has 0 N–H and O–H groups in total. The van der Waals surface area contributed by atoms with Gasteiger partial charge in [-0.2, -0.15) is 0 Å². The minimum absolute atomic E-state index is 0.153. The molecule has 0 bridgehead atoms. The first-order chi connectivity index (χ1) is 9.65. The highest BCUT2D eigenvalue weighted by Crippen LogP contribution is 2.34. The quantitative estimate of drug-likeness (QED) is 0.530. The molecule has 20 heavy (non-hydrogen) atoms. The van der Waals surface area contributed by atoms with Gasteiger partial charge in [0.25, 0.3) is 0 Å². The topological polar surface area (TPSA) is 52.6 Å². The number of ether oxygens (including phenoxy) is 2. The Hall–Kier alpha value is -1.32. The molecule has 0 amide bonds. The Labute approximate surface area is 121 Å². The minimum Gasteiger partial charge on any atom is -0.463 e. The van der Waals surface area contributed by atoms with E-state index in [9.17, 15) is 9.59 Å². The molecule has 114 valence electrons. The van der Waals surface area contributed by atoms with Crippen LogP contribution in [-0.4, -0.2) is 25.2 Å². The summed E-state index contributed by atoms with van der Waals surface area (Å²) < 4.78 is 10.3. The summed E-state index contributed by atoms with van der Waals surface area (Å²) in [6, 6.07) is 0. The molecule has 0 aromatic heterocycles. The zero-order valence-corrected chi connectivity index (χ0v) is 12.9. The predicted octanol–water partition coefficient (Wildman–Crippen LogP) is 3.40. The van der Waals surface area contributed by atoms with Crippen molar-refractivity contribution in [3.8, 4) is 0 Å². The summed E-state index contributed by atoms with van der Waals surface area (Å²) in [5.41, 5.74) is 1.10. The molecule has 0 atom stereocenters. The molecule has 4 heteroatoms. The molecule has 1 fully saturated rings. The minimum atomic E-state index is -0.357. The third kappa shape index (κ3) is 4.36. The summed E-state index contributed by atoms with van der Waals surface area (Å²) in [6.07, 6.45) is 5.51. The van der Waals surface area contributed by atoms with Crippen molar-refractivity contribution >= 4 is 11.9 Å². The summed E-state index contributed by atoms with van der Waals surface area (Å²) in [4.78, 5) is 24.4. The number of hydrogen-bond acceptors (Lipinski definition) is 4.